The molecule has 134 valence electrons. The van der Waals surface area contributed by atoms with Crippen LogP contribution in [0.25, 0.3) is 0 Å². The Kier molecular flexibility index (Phi) is 6.75. The highest BCUT2D eigenvalue weighted by molar-refractivity contribution is 8.15. The van der Waals surface area contributed by atoms with Crippen molar-refractivity contribution in [2.75, 3.05) is 27.3 Å². The van der Waals surface area contributed by atoms with Crippen molar-refractivity contribution in [1.29, 1.82) is 0 Å². The second kappa shape index (κ2) is 8.80. The van der Waals surface area contributed by atoms with Crippen molar-refractivity contribution in [2.24, 2.45) is 0 Å². The molecule has 1 heterocycles. The van der Waals surface area contributed by atoms with Gasteiger partial charge < -0.3 is 14.4 Å². The predicted molar refractivity (Wildman–Crippen MR) is 98.3 cm³/mol. The third-order valence-corrected chi connectivity index (χ3v) is 4.83. The molecule has 1 N–H and O–H groups in total. The van der Waals surface area contributed by atoms with Crippen LogP contribution in [0.2, 0.25) is 0 Å². The van der Waals surface area contributed by atoms with Crippen LogP contribution in [0, 0.1) is 0 Å². The lowest BCUT2D eigenvalue weighted by molar-refractivity contribution is -0.118. The van der Waals surface area contributed by atoms with Gasteiger partial charge in [0.25, 0.3) is 5.24 Å². The summed E-state index contributed by atoms with van der Waals surface area (Å²) in [5.74, 6) is 0.936. The van der Waals surface area contributed by atoms with Crippen LogP contribution in [-0.2, 0) is 11.2 Å². The second-order valence-corrected chi connectivity index (χ2v) is 6.89. The first kappa shape index (κ1) is 19.2. The van der Waals surface area contributed by atoms with E-state index in [1.165, 1.54) is 7.85 Å². The Bertz CT molecular complexity index is 670. The maximum Gasteiger partial charge on any atom is 0.286 e. The third-order valence-electron chi connectivity index (χ3n) is 3.85. The smallest absolute Gasteiger partial charge is 0.286 e. The van der Waals surface area contributed by atoms with Gasteiger partial charge >= 0.3 is 0 Å². The first-order valence-corrected chi connectivity index (χ1v) is 8.81. The quantitative estimate of drug-likeness (QED) is 0.548. The maximum absolute atomic E-state index is 11.7. The Morgan fingerprint density at radius 2 is 2.12 bits per heavy atom. The zero-order chi connectivity index (χ0) is 18.4. The van der Waals surface area contributed by atoms with Gasteiger partial charge in [0.2, 0.25) is 13.8 Å². The summed E-state index contributed by atoms with van der Waals surface area (Å²) in [6.45, 7) is 1.05. The van der Waals surface area contributed by atoms with Crippen molar-refractivity contribution in [3.05, 3.63) is 23.8 Å². The average molecular weight is 364 g/mol. The molecule has 0 aromatic heterocycles. The second-order valence-electron chi connectivity index (χ2n) is 5.72. The number of hydrogen-bond acceptors (Lipinski definition) is 6. The number of amides is 3. The van der Waals surface area contributed by atoms with Crippen LogP contribution in [0.15, 0.2) is 18.2 Å². The largest absolute Gasteiger partial charge is 0.493 e. The van der Waals surface area contributed by atoms with Gasteiger partial charge in [0.15, 0.2) is 17.3 Å². The molecule has 25 heavy (non-hydrogen) atoms. The molecular weight excluding hydrogens is 343 g/mol. The lowest BCUT2D eigenvalue weighted by Gasteiger charge is -2.16. The summed E-state index contributed by atoms with van der Waals surface area (Å²) in [5.41, 5.74) is 0.888. The molecule has 1 aromatic rings. The van der Waals surface area contributed by atoms with Crippen molar-refractivity contribution in [2.45, 2.75) is 18.1 Å². The fourth-order valence-corrected chi connectivity index (χ4v) is 3.20. The highest BCUT2D eigenvalue weighted by Gasteiger charge is 2.31. The number of hydrogen-bond donors (Lipinski definition) is 1. The number of nitrogens with one attached hydrogen (secondary N) is 1. The number of benzene rings is 1. The van der Waals surface area contributed by atoms with E-state index < -0.39 is 5.25 Å². The van der Waals surface area contributed by atoms with Gasteiger partial charge in [-0.1, -0.05) is 17.8 Å². The summed E-state index contributed by atoms with van der Waals surface area (Å²) in [4.78, 5) is 35.7. The Hall–Kier alpha value is -2.16. The van der Waals surface area contributed by atoms with E-state index in [9.17, 15) is 14.4 Å². The third kappa shape index (κ3) is 5.42. The molecule has 9 heteroatoms. The average Bonchev–Trinajstić information content (AvgIpc) is 2.88. The molecule has 1 unspecified atom stereocenters. The summed E-state index contributed by atoms with van der Waals surface area (Å²) in [6, 6.07) is 5.46. The van der Waals surface area contributed by atoms with Crippen molar-refractivity contribution < 1.29 is 23.9 Å². The minimum atomic E-state index is -0.419. The molecule has 3 amide bonds. The number of carbonyl (C=O) groups is 3. The van der Waals surface area contributed by atoms with E-state index in [0.717, 1.165) is 17.3 Å². The number of rotatable bonds is 8. The topological polar surface area (TPSA) is 84.9 Å². The van der Waals surface area contributed by atoms with Gasteiger partial charge in [-0.25, -0.2) is 0 Å². The molecule has 0 bridgehead atoms. The van der Waals surface area contributed by atoms with E-state index in [1.54, 1.807) is 25.1 Å². The zero-order valence-electron chi connectivity index (χ0n) is 14.5. The Labute approximate surface area is 151 Å². The van der Waals surface area contributed by atoms with Crippen LogP contribution in [0.3, 0.4) is 0 Å². The monoisotopic (exact) mass is 364 g/mol. The standard InChI is InChI=1S/C16H21BN2O5S/c1-19(15(17)21)6-3-7-24-12-8-10(4-5-11(12)23-2)9-13-14(20)18-16(22)25-13/h4-5,8,13H,3,6-7,9,17H2,1-2H3,(H,18,20,22). The summed E-state index contributed by atoms with van der Waals surface area (Å²) in [6.07, 6.45) is 1.13. The first-order valence-electron chi connectivity index (χ1n) is 7.93. The number of thioether (sulfide) groups is 1. The maximum atomic E-state index is 11.7. The highest BCUT2D eigenvalue weighted by atomic mass is 32.2. The SMILES string of the molecule is BC(=O)N(C)CCCOc1cc(CC2SC(=O)NC2=O)ccc1OC. The van der Waals surface area contributed by atoms with Crippen molar-refractivity contribution in [1.82, 2.24) is 10.2 Å². The van der Waals surface area contributed by atoms with Gasteiger partial charge in [0.05, 0.1) is 19.0 Å². The van der Waals surface area contributed by atoms with E-state index >= 15 is 0 Å². The lowest BCUT2D eigenvalue weighted by Crippen LogP contribution is -2.27. The Morgan fingerprint density at radius 3 is 2.72 bits per heavy atom. The molecule has 0 aliphatic carbocycles. The Balaban J connectivity index is 1.95. The van der Waals surface area contributed by atoms with Gasteiger partial charge in [-0.15, -0.1) is 0 Å². The molecular formula is C16H21BN2O5S. The molecule has 1 aromatic carbocycles. The molecule has 0 spiro atoms. The van der Waals surface area contributed by atoms with E-state index in [2.05, 4.69) is 5.32 Å². The molecule has 1 fully saturated rings. The number of ether oxygens (including phenoxy) is 2. The molecule has 2 rings (SSSR count). The van der Waals surface area contributed by atoms with E-state index in [1.807, 2.05) is 12.1 Å². The van der Waals surface area contributed by atoms with Gasteiger partial charge in [0, 0.05) is 13.6 Å². The molecule has 1 aliphatic heterocycles. The normalized spacial score (nSPS) is 16.5. The number of nitrogens with zero attached hydrogens (tertiary/aromatic N) is 1. The number of carbonyl (C=O) groups excluding carboxylic acids is 3. The van der Waals surface area contributed by atoms with Crippen LogP contribution in [0.4, 0.5) is 9.59 Å². The summed E-state index contributed by atoms with van der Waals surface area (Å²) in [5, 5.41) is 1.55. The minimum absolute atomic E-state index is 0.0152. The predicted octanol–water partition coefficient (Wildman–Crippen LogP) is 1.04. The number of imide groups is 1. The number of methoxy groups -OCH3 is 1. The zero-order valence-corrected chi connectivity index (χ0v) is 15.4. The lowest BCUT2D eigenvalue weighted by atomic mass is 10.1. The summed E-state index contributed by atoms with van der Waals surface area (Å²) < 4.78 is 11.1. The molecule has 0 radical (unpaired) electrons. The molecule has 1 atom stereocenters. The Morgan fingerprint density at radius 1 is 1.36 bits per heavy atom. The van der Waals surface area contributed by atoms with Gasteiger partial charge in [0.1, 0.15) is 0 Å². The van der Waals surface area contributed by atoms with Gasteiger partial charge in [-0.3, -0.25) is 19.7 Å². The van der Waals surface area contributed by atoms with Crippen LogP contribution >= 0.6 is 11.8 Å². The van der Waals surface area contributed by atoms with Crippen LogP contribution in [0.1, 0.15) is 12.0 Å². The highest BCUT2D eigenvalue weighted by Crippen LogP contribution is 2.30. The van der Waals surface area contributed by atoms with E-state index in [4.69, 9.17) is 9.47 Å². The van der Waals surface area contributed by atoms with Crippen molar-refractivity contribution in [3.8, 4) is 11.5 Å². The van der Waals surface area contributed by atoms with E-state index in [-0.39, 0.29) is 17.0 Å². The van der Waals surface area contributed by atoms with Crippen molar-refractivity contribution in [3.63, 3.8) is 0 Å². The molecule has 0 saturated carbocycles. The van der Waals surface area contributed by atoms with Crippen LogP contribution in [0.5, 0.6) is 11.5 Å². The van der Waals surface area contributed by atoms with Crippen molar-refractivity contribution >= 4 is 36.6 Å². The molecule has 1 aliphatic rings. The van der Waals surface area contributed by atoms with Crippen LogP contribution < -0.4 is 14.8 Å². The van der Waals surface area contributed by atoms with Gasteiger partial charge in [-0.2, -0.15) is 0 Å². The fraction of sp³-hybridized carbons (Fsp3) is 0.438. The summed E-state index contributed by atoms with van der Waals surface area (Å²) >= 11 is 1.00. The molecule has 1 saturated heterocycles. The molecule has 7 nitrogen and oxygen atoms in total. The fourth-order valence-electron chi connectivity index (χ4n) is 2.34. The van der Waals surface area contributed by atoms with Crippen LogP contribution in [-0.4, -0.2) is 62.3 Å². The van der Waals surface area contributed by atoms with Gasteiger partial charge in [-0.05, 0) is 30.5 Å². The minimum Gasteiger partial charge on any atom is -0.493 e. The van der Waals surface area contributed by atoms with E-state index in [0.29, 0.717) is 37.5 Å². The first-order chi connectivity index (χ1) is 11.9. The summed E-state index contributed by atoms with van der Waals surface area (Å²) in [7, 11) is 4.83.